The number of hydrogen-bond acceptors (Lipinski definition) is 2. The maximum atomic E-state index is 14.0. The van der Waals surface area contributed by atoms with Crippen molar-refractivity contribution >= 4 is 11.7 Å². The molecule has 5 heteroatoms. The highest BCUT2D eigenvalue weighted by molar-refractivity contribution is 5.88. The summed E-state index contributed by atoms with van der Waals surface area (Å²) >= 11 is 0. The van der Waals surface area contributed by atoms with Gasteiger partial charge in [0.1, 0.15) is 17.3 Å². The molecule has 1 aromatic rings. The van der Waals surface area contributed by atoms with E-state index in [1.54, 1.807) is 4.90 Å². The van der Waals surface area contributed by atoms with Crippen LogP contribution in [0, 0.1) is 17.0 Å². The average molecular weight is 295 g/mol. The molecule has 1 aliphatic heterocycles. The molecule has 1 aromatic carbocycles. The molecule has 0 aliphatic carbocycles. The van der Waals surface area contributed by atoms with Crippen LogP contribution in [-0.4, -0.2) is 24.2 Å². The van der Waals surface area contributed by atoms with Crippen molar-refractivity contribution in [2.24, 2.45) is 5.41 Å². The summed E-state index contributed by atoms with van der Waals surface area (Å²) in [4.78, 5) is 12.4. The first kappa shape index (κ1) is 15.5. The minimum atomic E-state index is -1.34. The van der Waals surface area contributed by atoms with Crippen molar-refractivity contribution in [3.05, 3.63) is 41.0 Å². The van der Waals surface area contributed by atoms with Crippen LogP contribution < -0.4 is 4.90 Å². The predicted molar refractivity (Wildman–Crippen MR) is 77.7 cm³/mol. The van der Waals surface area contributed by atoms with E-state index >= 15 is 0 Å². The maximum Gasteiger partial charge on any atom is 0.335 e. The van der Waals surface area contributed by atoms with Crippen molar-refractivity contribution in [1.82, 2.24) is 0 Å². The third-order valence-electron chi connectivity index (χ3n) is 3.75. The highest BCUT2D eigenvalue weighted by Crippen LogP contribution is 2.33. The third kappa shape index (κ3) is 3.23. The molecule has 1 N–H and O–H groups in total. The molecular formula is C16H19F2NO2. The van der Waals surface area contributed by atoms with Crippen molar-refractivity contribution in [3.63, 3.8) is 0 Å². The van der Waals surface area contributed by atoms with Gasteiger partial charge in [0.15, 0.2) is 0 Å². The molecule has 0 radical (unpaired) electrons. The van der Waals surface area contributed by atoms with Gasteiger partial charge < -0.3 is 10.0 Å². The van der Waals surface area contributed by atoms with Gasteiger partial charge in [-0.15, -0.1) is 0 Å². The number of hydrogen-bond donors (Lipinski definition) is 1. The second kappa shape index (κ2) is 5.47. The molecule has 0 unspecified atom stereocenters. The molecule has 114 valence electrons. The van der Waals surface area contributed by atoms with Gasteiger partial charge in [-0.25, -0.2) is 13.6 Å². The molecule has 0 atom stereocenters. The van der Waals surface area contributed by atoms with Crippen molar-refractivity contribution in [3.8, 4) is 0 Å². The smallest absolute Gasteiger partial charge is 0.335 e. The van der Waals surface area contributed by atoms with Crippen molar-refractivity contribution < 1.29 is 18.7 Å². The third-order valence-corrected chi connectivity index (χ3v) is 3.75. The van der Waals surface area contributed by atoms with Crippen LogP contribution in [0.3, 0.4) is 0 Å². The van der Waals surface area contributed by atoms with Gasteiger partial charge >= 0.3 is 5.97 Å². The Morgan fingerprint density at radius 1 is 1.24 bits per heavy atom. The molecule has 1 aliphatic rings. The molecule has 0 spiro atoms. The molecule has 0 fully saturated rings. The van der Waals surface area contributed by atoms with Crippen molar-refractivity contribution in [2.45, 2.75) is 27.2 Å². The summed E-state index contributed by atoms with van der Waals surface area (Å²) in [7, 11) is 0. The number of anilines is 1. The number of carbonyl (C=O) groups is 1. The normalized spacial score (nSPS) is 15.9. The lowest BCUT2D eigenvalue weighted by atomic mass is 9.83. The van der Waals surface area contributed by atoms with E-state index in [0.29, 0.717) is 13.1 Å². The van der Waals surface area contributed by atoms with E-state index in [2.05, 4.69) is 20.8 Å². The van der Waals surface area contributed by atoms with Crippen LogP contribution in [0.25, 0.3) is 0 Å². The van der Waals surface area contributed by atoms with Crippen LogP contribution in [0.2, 0.25) is 0 Å². The molecular weight excluding hydrogens is 276 g/mol. The van der Waals surface area contributed by atoms with Gasteiger partial charge in [-0.1, -0.05) is 32.4 Å². The highest BCUT2D eigenvalue weighted by atomic mass is 19.1. The standard InChI is InChI=1S/C16H19F2NO2/c1-16(2,3)11-4-6-19(7-5-11)14-12(17)8-10(15(20)21)9-13(14)18/h4,8-9H,5-7H2,1-3H3,(H,20,21). The van der Waals surface area contributed by atoms with Gasteiger partial charge in [0.2, 0.25) is 0 Å². The van der Waals surface area contributed by atoms with Gasteiger partial charge in [-0.05, 0) is 24.0 Å². The van der Waals surface area contributed by atoms with E-state index in [1.807, 2.05) is 6.08 Å². The molecule has 3 nitrogen and oxygen atoms in total. The van der Waals surface area contributed by atoms with Crippen LogP contribution in [0.15, 0.2) is 23.8 Å². The largest absolute Gasteiger partial charge is 0.478 e. The van der Waals surface area contributed by atoms with E-state index in [4.69, 9.17) is 5.11 Å². The summed E-state index contributed by atoms with van der Waals surface area (Å²) in [6, 6.07) is 1.73. The Kier molecular flexibility index (Phi) is 4.03. The molecule has 0 amide bonds. The molecule has 0 saturated heterocycles. The van der Waals surface area contributed by atoms with Crippen LogP contribution in [0.5, 0.6) is 0 Å². The van der Waals surface area contributed by atoms with Crippen LogP contribution in [-0.2, 0) is 0 Å². The fraction of sp³-hybridized carbons (Fsp3) is 0.438. The van der Waals surface area contributed by atoms with E-state index in [1.165, 1.54) is 5.57 Å². The van der Waals surface area contributed by atoms with Gasteiger partial charge in [0.25, 0.3) is 0 Å². The Morgan fingerprint density at radius 3 is 2.19 bits per heavy atom. The maximum absolute atomic E-state index is 14.0. The SMILES string of the molecule is CC(C)(C)C1=CCN(c2c(F)cc(C(=O)O)cc2F)CC1. The van der Waals surface area contributed by atoms with Crippen LogP contribution in [0.4, 0.5) is 14.5 Å². The van der Waals surface area contributed by atoms with Gasteiger partial charge in [0.05, 0.1) is 5.56 Å². The number of halogens is 2. The summed E-state index contributed by atoms with van der Waals surface area (Å²) in [5.74, 6) is -3.01. The Labute approximate surface area is 122 Å². The van der Waals surface area contributed by atoms with E-state index in [9.17, 15) is 13.6 Å². The van der Waals surface area contributed by atoms with E-state index in [0.717, 1.165) is 18.6 Å². The highest BCUT2D eigenvalue weighted by Gasteiger charge is 2.25. The minimum absolute atomic E-state index is 0.0519. The first-order chi connectivity index (χ1) is 9.70. The Hall–Kier alpha value is -1.91. The number of carboxylic acid groups (broad SMARTS) is 1. The van der Waals surface area contributed by atoms with Crippen molar-refractivity contribution in [1.29, 1.82) is 0 Å². The zero-order valence-corrected chi connectivity index (χ0v) is 12.4. The fourth-order valence-corrected chi connectivity index (χ4v) is 2.54. The average Bonchev–Trinajstić information content (AvgIpc) is 2.37. The lowest BCUT2D eigenvalue weighted by molar-refractivity contribution is 0.0695. The lowest BCUT2D eigenvalue weighted by Gasteiger charge is -2.33. The Balaban J connectivity index is 2.29. The van der Waals surface area contributed by atoms with Gasteiger partial charge in [0, 0.05) is 13.1 Å². The number of benzene rings is 1. The second-order valence-electron chi connectivity index (χ2n) is 6.27. The number of carboxylic acids is 1. The summed E-state index contributed by atoms with van der Waals surface area (Å²) in [6.07, 6.45) is 2.73. The molecule has 21 heavy (non-hydrogen) atoms. The van der Waals surface area contributed by atoms with E-state index in [-0.39, 0.29) is 16.7 Å². The summed E-state index contributed by atoms with van der Waals surface area (Å²) < 4.78 is 28.0. The first-order valence-electron chi connectivity index (χ1n) is 6.87. The second-order valence-corrected chi connectivity index (χ2v) is 6.27. The topological polar surface area (TPSA) is 40.5 Å². The molecule has 2 rings (SSSR count). The number of rotatable bonds is 2. The lowest BCUT2D eigenvalue weighted by Crippen LogP contribution is -2.32. The zero-order chi connectivity index (χ0) is 15.8. The Bertz CT molecular complexity index is 580. The fourth-order valence-electron chi connectivity index (χ4n) is 2.54. The first-order valence-corrected chi connectivity index (χ1v) is 6.87. The minimum Gasteiger partial charge on any atom is -0.478 e. The van der Waals surface area contributed by atoms with Crippen LogP contribution in [0.1, 0.15) is 37.6 Å². The summed E-state index contributed by atoms with van der Waals surface area (Å²) in [5, 5.41) is 8.80. The monoisotopic (exact) mass is 295 g/mol. The van der Waals surface area contributed by atoms with Crippen molar-refractivity contribution in [2.75, 3.05) is 18.0 Å². The molecule has 0 saturated carbocycles. The summed E-state index contributed by atoms with van der Waals surface area (Å²) in [6.45, 7) is 7.27. The number of nitrogens with zero attached hydrogens (tertiary/aromatic N) is 1. The Morgan fingerprint density at radius 2 is 1.81 bits per heavy atom. The summed E-state index contributed by atoms with van der Waals surface area (Å²) in [5.41, 5.74) is 0.790. The van der Waals surface area contributed by atoms with Gasteiger partial charge in [-0.2, -0.15) is 0 Å². The number of aromatic carboxylic acids is 1. The van der Waals surface area contributed by atoms with Crippen LogP contribution >= 0.6 is 0 Å². The van der Waals surface area contributed by atoms with Gasteiger partial charge in [-0.3, -0.25) is 0 Å². The predicted octanol–water partition coefficient (Wildman–Crippen LogP) is 3.85. The molecule has 1 heterocycles. The quantitative estimate of drug-likeness (QED) is 0.843. The molecule has 0 bridgehead atoms. The van der Waals surface area contributed by atoms with E-state index < -0.39 is 17.6 Å². The zero-order valence-electron chi connectivity index (χ0n) is 12.4. The molecule has 0 aromatic heterocycles.